The molecule has 0 saturated heterocycles. The lowest BCUT2D eigenvalue weighted by Gasteiger charge is -2.09. The summed E-state index contributed by atoms with van der Waals surface area (Å²) in [5.41, 5.74) is 0. The van der Waals surface area contributed by atoms with Crippen molar-refractivity contribution in [2.24, 2.45) is 0 Å². The predicted octanol–water partition coefficient (Wildman–Crippen LogP) is 4.86. The van der Waals surface area contributed by atoms with Crippen molar-refractivity contribution >= 4 is 34.0 Å². The van der Waals surface area contributed by atoms with Crippen LogP contribution in [0.4, 0.5) is 0 Å². The minimum Gasteiger partial charge on any atom is -0.494 e. The fourth-order valence-electron chi connectivity index (χ4n) is 1.87. The summed E-state index contributed by atoms with van der Waals surface area (Å²) in [6.45, 7) is 1.28. The van der Waals surface area contributed by atoms with Gasteiger partial charge in [-0.2, -0.15) is 0 Å². The van der Waals surface area contributed by atoms with Crippen molar-refractivity contribution in [3.63, 3.8) is 0 Å². The number of hydrogen-bond donors (Lipinski definition) is 0. The fraction of sp³-hybridized carbons (Fsp3) is 0.375. The van der Waals surface area contributed by atoms with Crippen LogP contribution in [0.1, 0.15) is 12.8 Å². The summed E-state index contributed by atoms with van der Waals surface area (Å²) in [6.07, 6.45) is 1.70. The summed E-state index contributed by atoms with van der Waals surface area (Å²) in [6, 6.07) is 12.1. The molecule has 0 N–H and O–H groups in total. The zero-order valence-electron chi connectivity index (χ0n) is 11.3. The Morgan fingerprint density at radius 1 is 0.700 bits per heavy atom. The molecular weight excluding hydrogens is 295 g/mol. The first-order valence-corrected chi connectivity index (χ1v) is 7.82. The van der Waals surface area contributed by atoms with Gasteiger partial charge in [-0.1, -0.05) is 12.1 Å². The molecule has 0 atom stereocenters. The highest BCUT2D eigenvalue weighted by Gasteiger charge is 2.00. The van der Waals surface area contributed by atoms with Gasteiger partial charge in [0, 0.05) is 11.8 Å². The molecule has 108 valence electrons. The van der Waals surface area contributed by atoms with Crippen LogP contribution in [-0.2, 0) is 0 Å². The van der Waals surface area contributed by atoms with E-state index in [4.69, 9.17) is 32.7 Å². The molecule has 0 radical (unpaired) electrons. The topological polar surface area (TPSA) is 18.5 Å². The van der Waals surface area contributed by atoms with E-state index in [0.717, 1.165) is 29.7 Å². The number of ether oxygens (including phenoxy) is 2. The Morgan fingerprint density at radius 2 is 1.20 bits per heavy atom. The van der Waals surface area contributed by atoms with E-state index >= 15 is 0 Å². The van der Waals surface area contributed by atoms with Crippen LogP contribution in [0.25, 0.3) is 10.8 Å². The van der Waals surface area contributed by atoms with Crippen LogP contribution < -0.4 is 9.47 Å². The lowest BCUT2D eigenvalue weighted by atomic mass is 10.1. The van der Waals surface area contributed by atoms with Crippen LogP contribution in [0, 0.1) is 0 Å². The van der Waals surface area contributed by atoms with Gasteiger partial charge >= 0.3 is 0 Å². The molecule has 0 aromatic heterocycles. The molecule has 2 rings (SSSR count). The number of halogens is 2. The van der Waals surface area contributed by atoms with E-state index in [1.165, 1.54) is 5.39 Å². The van der Waals surface area contributed by atoms with Crippen LogP contribution >= 0.6 is 23.2 Å². The molecule has 2 aromatic rings. The van der Waals surface area contributed by atoms with Gasteiger partial charge in [0.25, 0.3) is 0 Å². The minimum atomic E-state index is 0.617. The smallest absolute Gasteiger partial charge is 0.119 e. The molecule has 0 amide bonds. The third-order valence-corrected chi connectivity index (χ3v) is 3.41. The van der Waals surface area contributed by atoms with Crippen molar-refractivity contribution in [2.45, 2.75) is 12.8 Å². The Balaban J connectivity index is 2.08. The maximum atomic E-state index is 5.65. The van der Waals surface area contributed by atoms with Gasteiger partial charge in [-0.25, -0.2) is 0 Å². The summed E-state index contributed by atoms with van der Waals surface area (Å²) in [5, 5.41) is 2.27. The monoisotopic (exact) mass is 312 g/mol. The molecular formula is C16H18Cl2O2. The molecule has 4 heteroatoms. The van der Waals surface area contributed by atoms with E-state index in [0.29, 0.717) is 25.0 Å². The van der Waals surface area contributed by atoms with E-state index in [1.54, 1.807) is 0 Å². The second-order valence-electron chi connectivity index (χ2n) is 4.45. The van der Waals surface area contributed by atoms with Gasteiger partial charge < -0.3 is 9.47 Å². The van der Waals surface area contributed by atoms with E-state index in [9.17, 15) is 0 Å². The Bertz CT molecular complexity index is 498. The maximum Gasteiger partial charge on any atom is 0.119 e. The lowest BCUT2D eigenvalue weighted by Crippen LogP contribution is -1.98. The molecule has 0 unspecified atom stereocenters. The van der Waals surface area contributed by atoms with Gasteiger partial charge in [0.2, 0.25) is 0 Å². The molecule has 0 heterocycles. The third kappa shape index (κ3) is 4.46. The summed E-state index contributed by atoms with van der Waals surface area (Å²) in [7, 11) is 0. The van der Waals surface area contributed by atoms with Crippen LogP contribution in [0.5, 0.6) is 11.5 Å². The highest BCUT2D eigenvalue weighted by atomic mass is 35.5. The summed E-state index contributed by atoms with van der Waals surface area (Å²) in [5.74, 6) is 2.96. The molecule has 20 heavy (non-hydrogen) atoms. The van der Waals surface area contributed by atoms with Crippen molar-refractivity contribution in [3.8, 4) is 11.5 Å². The number of rotatable bonds is 8. The van der Waals surface area contributed by atoms with Crippen molar-refractivity contribution in [1.29, 1.82) is 0 Å². The van der Waals surface area contributed by atoms with Gasteiger partial charge in [0.05, 0.1) is 13.2 Å². The Morgan fingerprint density at radius 3 is 1.65 bits per heavy atom. The van der Waals surface area contributed by atoms with E-state index in [1.807, 2.05) is 36.4 Å². The van der Waals surface area contributed by atoms with Crippen LogP contribution in [0.2, 0.25) is 0 Å². The highest BCUT2D eigenvalue weighted by Crippen LogP contribution is 2.25. The lowest BCUT2D eigenvalue weighted by molar-refractivity contribution is 0.318. The zero-order chi connectivity index (χ0) is 14.2. The van der Waals surface area contributed by atoms with Crippen LogP contribution in [0.15, 0.2) is 36.4 Å². The van der Waals surface area contributed by atoms with Gasteiger partial charge in [-0.05, 0) is 47.9 Å². The highest BCUT2D eigenvalue weighted by molar-refractivity contribution is 6.18. The molecule has 0 spiro atoms. The van der Waals surface area contributed by atoms with Crippen molar-refractivity contribution in [1.82, 2.24) is 0 Å². The van der Waals surface area contributed by atoms with E-state index < -0.39 is 0 Å². The number of hydrogen-bond acceptors (Lipinski definition) is 2. The van der Waals surface area contributed by atoms with Crippen LogP contribution in [-0.4, -0.2) is 25.0 Å². The van der Waals surface area contributed by atoms with Gasteiger partial charge in [0.1, 0.15) is 11.5 Å². The fourth-order valence-corrected chi connectivity index (χ4v) is 2.09. The first-order chi connectivity index (χ1) is 9.83. The third-order valence-electron chi connectivity index (χ3n) is 2.88. The van der Waals surface area contributed by atoms with Gasteiger partial charge in [-0.15, -0.1) is 23.2 Å². The van der Waals surface area contributed by atoms with Gasteiger partial charge in [0.15, 0.2) is 0 Å². The average Bonchev–Trinajstić information content (AvgIpc) is 2.47. The minimum absolute atomic E-state index is 0.617. The number of fused-ring (bicyclic) bond motifs is 1. The van der Waals surface area contributed by atoms with E-state index in [-0.39, 0.29) is 0 Å². The van der Waals surface area contributed by atoms with Crippen molar-refractivity contribution in [2.75, 3.05) is 25.0 Å². The SMILES string of the molecule is ClCCCOc1ccc2ccc(OCCCCl)cc2c1. The first kappa shape index (κ1) is 15.3. The maximum absolute atomic E-state index is 5.65. The molecule has 0 fully saturated rings. The average molecular weight is 313 g/mol. The molecule has 0 aliphatic carbocycles. The Kier molecular flexibility index (Phi) is 6.28. The van der Waals surface area contributed by atoms with Crippen LogP contribution in [0.3, 0.4) is 0 Å². The Hall–Kier alpha value is -1.12. The largest absolute Gasteiger partial charge is 0.494 e. The summed E-state index contributed by atoms with van der Waals surface area (Å²) in [4.78, 5) is 0. The number of benzene rings is 2. The Labute approximate surface area is 129 Å². The van der Waals surface area contributed by atoms with Gasteiger partial charge in [-0.3, -0.25) is 0 Å². The van der Waals surface area contributed by atoms with E-state index in [2.05, 4.69) is 0 Å². The molecule has 0 bridgehead atoms. The molecule has 2 nitrogen and oxygen atoms in total. The molecule has 0 aliphatic rings. The normalized spacial score (nSPS) is 10.7. The molecule has 2 aromatic carbocycles. The van der Waals surface area contributed by atoms with Crippen molar-refractivity contribution in [3.05, 3.63) is 36.4 Å². The summed E-state index contributed by atoms with van der Waals surface area (Å²) >= 11 is 11.3. The standard InChI is InChI=1S/C16H18Cl2O2/c17-7-1-9-19-15-5-3-13-4-6-16(12-14(13)11-15)20-10-2-8-18/h3-6,11-12H,1-2,7-10H2. The van der Waals surface area contributed by atoms with Crippen molar-refractivity contribution < 1.29 is 9.47 Å². The first-order valence-electron chi connectivity index (χ1n) is 6.75. The molecule has 0 saturated carbocycles. The number of alkyl halides is 2. The second-order valence-corrected chi connectivity index (χ2v) is 5.21. The quantitative estimate of drug-likeness (QED) is 0.512. The molecule has 0 aliphatic heterocycles. The predicted molar refractivity (Wildman–Crippen MR) is 85.6 cm³/mol. The summed E-state index contributed by atoms with van der Waals surface area (Å²) < 4.78 is 11.3. The second kappa shape index (κ2) is 8.23. The zero-order valence-corrected chi connectivity index (χ0v) is 12.8.